The minimum atomic E-state index is -0.176. The van der Waals surface area contributed by atoms with E-state index in [1.807, 2.05) is 0 Å². The zero-order valence-electron chi connectivity index (χ0n) is 17.1. The number of hydrogen-bond acceptors (Lipinski definition) is 3. The van der Waals surface area contributed by atoms with Crippen molar-refractivity contribution in [3.8, 4) is 5.75 Å². The zero-order chi connectivity index (χ0) is 19.6. The molecule has 0 aliphatic carbocycles. The Hall–Kier alpha value is -0.900. The lowest BCUT2D eigenvalue weighted by molar-refractivity contribution is -0.134. The van der Waals surface area contributed by atoms with Crippen LogP contribution in [0.4, 0.5) is 0 Å². The highest BCUT2D eigenvalue weighted by Gasteiger charge is 2.07. The van der Waals surface area contributed by atoms with E-state index in [9.17, 15) is 4.79 Å². The molecule has 4 heteroatoms. The van der Waals surface area contributed by atoms with Gasteiger partial charge in [0.25, 0.3) is 0 Å². The number of rotatable bonds is 17. The summed E-state index contributed by atoms with van der Waals surface area (Å²) < 4.78 is 5.99. The zero-order valence-corrected chi connectivity index (χ0v) is 18.7. The van der Waals surface area contributed by atoms with E-state index in [2.05, 4.69) is 34.0 Å². The van der Waals surface area contributed by atoms with Crippen LogP contribution in [-0.2, 0) is 4.79 Å². The molecule has 3 nitrogen and oxygen atoms in total. The van der Waals surface area contributed by atoms with Gasteiger partial charge in [0.2, 0.25) is 0 Å². The van der Waals surface area contributed by atoms with Crippen molar-refractivity contribution in [2.24, 2.45) is 0 Å². The van der Waals surface area contributed by atoms with E-state index < -0.39 is 0 Å². The predicted molar refractivity (Wildman–Crippen MR) is 116 cm³/mol. The van der Waals surface area contributed by atoms with E-state index in [0.29, 0.717) is 16.6 Å². The monoisotopic (exact) mass is 438 g/mol. The summed E-state index contributed by atoms with van der Waals surface area (Å²) in [6.07, 6.45) is 24.6. The lowest BCUT2D eigenvalue weighted by Crippen LogP contribution is -2.08. The lowest BCUT2D eigenvalue weighted by atomic mass is 10.0. The second-order valence-corrected chi connectivity index (χ2v) is 8.27. The average Bonchev–Trinajstić information content (AvgIpc) is 2.66. The fourth-order valence-electron chi connectivity index (χ4n) is 3.21. The number of halogens is 1. The molecule has 1 rings (SSSR count). The molecule has 153 valence electrons. The fraction of sp³-hybridized carbons (Fsp3) is 0.739. The Balaban J connectivity index is 1.82. The van der Waals surface area contributed by atoms with Crippen LogP contribution in [0, 0.1) is 6.20 Å². The summed E-state index contributed by atoms with van der Waals surface area (Å²) in [4.78, 5) is 15.7. The molecule has 0 aliphatic heterocycles. The van der Waals surface area contributed by atoms with Crippen molar-refractivity contribution in [3.05, 3.63) is 22.9 Å². The van der Waals surface area contributed by atoms with Gasteiger partial charge in [-0.15, -0.1) is 0 Å². The minimum Gasteiger partial charge on any atom is -0.425 e. The van der Waals surface area contributed by atoms with E-state index in [-0.39, 0.29) is 5.97 Å². The summed E-state index contributed by atoms with van der Waals surface area (Å²) in [6.45, 7) is 2.27. The van der Waals surface area contributed by atoms with Crippen LogP contribution in [-0.4, -0.2) is 11.0 Å². The molecule has 0 aromatic carbocycles. The molecular weight excluding hydrogens is 402 g/mol. The number of aromatic nitrogens is 1. The summed E-state index contributed by atoms with van der Waals surface area (Å²) in [5.74, 6) is 0.320. The van der Waals surface area contributed by atoms with E-state index >= 15 is 0 Å². The van der Waals surface area contributed by atoms with Crippen molar-refractivity contribution >= 4 is 21.9 Å². The molecule has 27 heavy (non-hydrogen) atoms. The van der Waals surface area contributed by atoms with Crippen LogP contribution in [0.3, 0.4) is 0 Å². The summed E-state index contributed by atoms with van der Waals surface area (Å²) in [5, 5.41) is 0. The van der Waals surface area contributed by atoms with E-state index in [4.69, 9.17) is 4.74 Å². The molecule has 1 radical (unpaired) electrons. The Morgan fingerprint density at radius 1 is 0.889 bits per heavy atom. The second kappa shape index (κ2) is 17.2. The Morgan fingerprint density at radius 2 is 1.37 bits per heavy atom. The van der Waals surface area contributed by atoms with Gasteiger partial charge >= 0.3 is 5.97 Å². The van der Waals surface area contributed by atoms with Crippen LogP contribution in [0.2, 0.25) is 0 Å². The van der Waals surface area contributed by atoms with Crippen molar-refractivity contribution in [3.63, 3.8) is 0 Å². The van der Waals surface area contributed by atoms with Gasteiger partial charge in [-0.1, -0.05) is 96.8 Å². The number of hydrogen-bond donors (Lipinski definition) is 0. The highest BCUT2D eigenvalue weighted by Crippen LogP contribution is 2.23. The highest BCUT2D eigenvalue weighted by molar-refractivity contribution is 9.10. The van der Waals surface area contributed by atoms with Gasteiger partial charge in [0.05, 0.1) is 10.7 Å². The van der Waals surface area contributed by atoms with Gasteiger partial charge in [-0.3, -0.25) is 9.78 Å². The van der Waals surface area contributed by atoms with Crippen LogP contribution in [0.15, 0.2) is 16.7 Å². The number of unbranched alkanes of at least 4 members (excludes halogenated alkanes) is 14. The van der Waals surface area contributed by atoms with Crippen LogP contribution in [0.1, 0.15) is 110 Å². The molecule has 0 spiro atoms. The van der Waals surface area contributed by atoms with Gasteiger partial charge in [-0.25, -0.2) is 0 Å². The second-order valence-electron chi connectivity index (χ2n) is 7.42. The minimum absolute atomic E-state index is 0.176. The third-order valence-electron chi connectivity index (χ3n) is 4.89. The van der Waals surface area contributed by atoms with Crippen molar-refractivity contribution in [1.29, 1.82) is 0 Å². The number of esters is 1. The molecular formula is C23H37BrNO2. The summed E-state index contributed by atoms with van der Waals surface area (Å²) in [6, 6.07) is 1.58. The number of pyridine rings is 1. The first-order valence-electron chi connectivity index (χ1n) is 11.0. The number of ether oxygens (including phenoxy) is 1. The van der Waals surface area contributed by atoms with Crippen LogP contribution < -0.4 is 4.74 Å². The largest absolute Gasteiger partial charge is 0.425 e. The Labute approximate surface area is 174 Å². The smallest absolute Gasteiger partial charge is 0.311 e. The molecule has 0 aliphatic rings. The lowest BCUT2D eigenvalue weighted by Gasteiger charge is -2.05. The van der Waals surface area contributed by atoms with Gasteiger partial charge in [0, 0.05) is 18.7 Å². The summed E-state index contributed by atoms with van der Waals surface area (Å²) in [7, 11) is 0. The molecule has 0 unspecified atom stereocenters. The first-order valence-corrected chi connectivity index (χ1v) is 11.8. The highest BCUT2D eigenvalue weighted by atomic mass is 79.9. The standard InChI is InChI=1S/C23H37BrNO2/c1-2-3-4-5-6-7-8-9-10-11-12-13-14-15-16-17-23(26)27-22-18-19-25-20-21(22)24/h18,20H,2-17H2,1H3. The van der Waals surface area contributed by atoms with Gasteiger partial charge < -0.3 is 4.74 Å². The van der Waals surface area contributed by atoms with Crippen LogP contribution >= 0.6 is 15.9 Å². The Kier molecular flexibility index (Phi) is 15.4. The summed E-state index contributed by atoms with van der Waals surface area (Å²) in [5.41, 5.74) is 0. The SMILES string of the molecule is CCCCCCCCCCCCCCCCCC(=O)Oc1c[c]ncc1Br. The third kappa shape index (κ3) is 13.8. The van der Waals surface area contributed by atoms with Crippen molar-refractivity contribution in [2.45, 2.75) is 110 Å². The molecule has 0 fully saturated rings. The van der Waals surface area contributed by atoms with Gasteiger partial charge in [0.15, 0.2) is 0 Å². The Morgan fingerprint density at radius 3 is 1.85 bits per heavy atom. The van der Waals surface area contributed by atoms with E-state index in [0.717, 1.165) is 12.8 Å². The third-order valence-corrected chi connectivity index (χ3v) is 5.49. The molecule has 0 bridgehead atoms. The molecule has 1 aromatic heterocycles. The number of carbonyl (C=O) groups excluding carboxylic acids is 1. The topological polar surface area (TPSA) is 39.2 Å². The molecule has 0 saturated carbocycles. The number of nitrogens with zero attached hydrogens (tertiary/aromatic N) is 1. The maximum Gasteiger partial charge on any atom is 0.311 e. The molecule has 0 amide bonds. The molecule has 0 saturated heterocycles. The normalized spacial score (nSPS) is 10.9. The first kappa shape index (κ1) is 24.1. The van der Waals surface area contributed by atoms with Gasteiger partial charge in [-0.2, -0.15) is 0 Å². The van der Waals surface area contributed by atoms with Crippen molar-refractivity contribution in [1.82, 2.24) is 4.98 Å². The van der Waals surface area contributed by atoms with Crippen molar-refractivity contribution < 1.29 is 9.53 Å². The number of carbonyl (C=O) groups is 1. The van der Waals surface area contributed by atoms with E-state index in [1.54, 1.807) is 12.3 Å². The Bertz CT molecular complexity index is 493. The molecule has 1 heterocycles. The average molecular weight is 439 g/mol. The van der Waals surface area contributed by atoms with Gasteiger partial charge in [0.1, 0.15) is 5.75 Å². The van der Waals surface area contributed by atoms with Crippen LogP contribution in [0.25, 0.3) is 0 Å². The molecule has 1 aromatic rings. The quantitative estimate of drug-likeness (QED) is 0.184. The first-order chi connectivity index (χ1) is 13.2. The van der Waals surface area contributed by atoms with Gasteiger partial charge in [-0.05, 0) is 22.4 Å². The molecule has 0 atom stereocenters. The predicted octanol–water partition coefficient (Wildman–Crippen LogP) is 7.81. The summed E-state index contributed by atoms with van der Waals surface area (Å²) >= 11 is 3.31. The van der Waals surface area contributed by atoms with Crippen molar-refractivity contribution in [2.75, 3.05) is 0 Å². The maximum atomic E-state index is 11.8. The fourth-order valence-corrected chi connectivity index (χ4v) is 3.51. The van der Waals surface area contributed by atoms with E-state index in [1.165, 1.54) is 83.5 Å². The van der Waals surface area contributed by atoms with Crippen LogP contribution in [0.5, 0.6) is 5.75 Å². The maximum absolute atomic E-state index is 11.8. The molecule has 0 N–H and O–H groups in total.